The maximum Gasteiger partial charge on any atom is 0.241 e. The smallest absolute Gasteiger partial charge is 0.241 e. The van der Waals surface area contributed by atoms with E-state index in [-0.39, 0.29) is 4.90 Å². The van der Waals surface area contributed by atoms with E-state index in [4.69, 9.17) is 9.88 Å². The first-order valence-electron chi connectivity index (χ1n) is 7.15. The van der Waals surface area contributed by atoms with E-state index in [0.717, 1.165) is 5.56 Å². The number of rotatable bonds is 3. The number of anilines is 1. The highest BCUT2D eigenvalue weighted by atomic mass is 32.2. The minimum absolute atomic E-state index is 0.0236. The van der Waals surface area contributed by atoms with Gasteiger partial charge in [0, 0.05) is 31.5 Å². The minimum Gasteiger partial charge on any atom is -0.367 e. The fourth-order valence-corrected chi connectivity index (χ4v) is 3.47. The van der Waals surface area contributed by atoms with Crippen LogP contribution < -0.4 is 10.0 Å². The lowest BCUT2D eigenvalue weighted by Gasteiger charge is -2.41. The molecule has 1 unspecified atom stereocenters. The summed E-state index contributed by atoms with van der Waals surface area (Å²) in [6.07, 6.45) is 5.20. The molecule has 2 N–H and O–H groups in total. The summed E-state index contributed by atoms with van der Waals surface area (Å²) in [6, 6.07) is 3.03. The van der Waals surface area contributed by atoms with Crippen LogP contribution >= 0.6 is 0 Å². The molecule has 0 aromatic carbocycles. The zero-order valence-corrected chi connectivity index (χ0v) is 13.8. The van der Waals surface area contributed by atoms with Crippen LogP contribution in [0, 0.1) is 0 Å². The van der Waals surface area contributed by atoms with E-state index in [1.54, 1.807) is 23.1 Å². The van der Waals surface area contributed by atoms with Gasteiger partial charge in [0.15, 0.2) is 0 Å². The number of aromatic nitrogens is 3. The summed E-state index contributed by atoms with van der Waals surface area (Å²) in [6.45, 7) is 3.40. The zero-order valence-electron chi connectivity index (χ0n) is 13.0. The summed E-state index contributed by atoms with van der Waals surface area (Å²) in [5.41, 5.74) is 0.331. The van der Waals surface area contributed by atoms with Crippen LogP contribution in [0.5, 0.6) is 0 Å². The Morgan fingerprint density at radius 2 is 2.22 bits per heavy atom. The van der Waals surface area contributed by atoms with Crippen molar-refractivity contribution in [2.24, 2.45) is 12.2 Å². The lowest BCUT2D eigenvalue weighted by Crippen LogP contribution is -2.49. The average molecular weight is 337 g/mol. The number of aryl methyl sites for hydroxylation is 1. The largest absolute Gasteiger partial charge is 0.367 e. The number of hydrogen-bond donors (Lipinski definition) is 1. The first kappa shape index (κ1) is 15.9. The Hall–Kier alpha value is -1.97. The van der Waals surface area contributed by atoms with E-state index < -0.39 is 15.6 Å². The second-order valence-corrected chi connectivity index (χ2v) is 7.30. The normalized spacial score (nSPS) is 22.3. The zero-order chi connectivity index (χ0) is 16.7. The lowest BCUT2D eigenvalue weighted by atomic mass is 9.97. The van der Waals surface area contributed by atoms with Crippen LogP contribution in [-0.2, 0) is 27.4 Å². The van der Waals surface area contributed by atoms with E-state index in [9.17, 15) is 8.42 Å². The third-order valence-corrected chi connectivity index (χ3v) is 4.88. The third kappa shape index (κ3) is 3.07. The van der Waals surface area contributed by atoms with E-state index in [1.165, 1.54) is 6.07 Å². The Morgan fingerprint density at radius 3 is 2.87 bits per heavy atom. The highest BCUT2D eigenvalue weighted by Gasteiger charge is 2.36. The molecular formula is C14H19N5O3S. The molecule has 3 heterocycles. The predicted octanol–water partition coefficient (Wildman–Crippen LogP) is 0.215. The van der Waals surface area contributed by atoms with Gasteiger partial charge in [-0.25, -0.2) is 18.5 Å². The Kier molecular flexibility index (Phi) is 3.86. The maximum atomic E-state index is 11.8. The minimum atomic E-state index is -3.84. The first-order valence-corrected chi connectivity index (χ1v) is 8.70. The number of primary sulfonamides is 1. The summed E-state index contributed by atoms with van der Waals surface area (Å²) in [4.78, 5) is 6.13. The van der Waals surface area contributed by atoms with Crippen molar-refractivity contribution in [3.63, 3.8) is 0 Å². The number of morpholine rings is 1. The molecule has 1 atom stereocenters. The average Bonchev–Trinajstić information content (AvgIpc) is 2.94. The Morgan fingerprint density at radius 1 is 1.43 bits per heavy atom. The van der Waals surface area contributed by atoms with Gasteiger partial charge in [0.25, 0.3) is 0 Å². The second kappa shape index (κ2) is 5.59. The fourth-order valence-electron chi connectivity index (χ4n) is 2.76. The van der Waals surface area contributed by atoms with Gasteiger partial charge in [0.2, 0.25) is 10.0 Å². The van der Waals surface area contributed by atoms with Gasteiger partial charge in [-0.2, -0.15) is 5.10 Å². The van der Waals surface area contributed by atoms with Gasteiger partial charge in [0.05, 0.1) is 19.3 Å². The molecule has 1 fully saturated rings. The van der Waals surface area contributed by atoms with Crippen molar-refractivity contribution in [1.82, 2.24) is 14.8 Å². The van der Waals surface area contributed by atoms with Crippen LogP contribution in [0.25, 0.3) is 0 Å². The molecule has 0 amide bonds. The molecule has 1 aliphatic heterocycles. The Balaban J connectivity index is 1.97. The topological polar surface area (TPSA) is 103 Å². The molecule has 9 heteroatoms. The highest BCUT2D eigenvalue weighted by molar-refractivity contribution is 7.89. The Bertz CT molecular complexity index is 819. The van der Waals surface area contributed by atoms with Crippen molar-refractivity contribution in [2.45, 2.75) is 17.4 Å². The number of pyridine rings is 1. The van der Waals surface area contributed by atoms with Crippen LogP contribution in [0.2, 0.25) is 0 Å². The molecule has 0 aliphatic carbocycles. The summed E-state index contributed by atoms with van der Waals surface area (Å²) in [7, 11) is -2.00. The molecule has 0 spiro atoms. The molecule has 23 heavy (non-hydrogen) atoms. The van der Waals surface area contributed by atoms with Crippen LogP contribution in [0.15, 0.2) is 35.6 Å². The van der Waals surface area contributed by atoms with Crippen molar-refractivity contribution >= 4 is 15.8 Å². The van der Waals surface area contributed by atoms with Gasteiger partial charge in [-0.3, -0.25) is 4.68 Å². The number of ether oxygens (including phenoxy) is 1. The van der Waals surface area contributed by atoms with E-state index in [1.807, 2.05) is 25.1 Å². The maximum absolute atomic E-state index is 11.8. The van der Waals surface area contributed by atoms with Crippen molar-refractivity contribution in [2.75, 3.05) is 24.6 Å². The van der Waals surface area contributed by atoms with Crippen LogP contribution in [0.3, 0.4) is 0 Å². The molecule has 0 radical (unpaired) electrons. The van der Waals surface area contributed by atoms with Crippen molar-refractivity contribution in [3.05, 3.63) is 36.3 Å². The van der Waals surface area contributed by atoms with Gasteiger partial charge in [0.1, 0.15) is 16.3 Å². The Labute approximate surface area is 134 Å². The molecule has 8 nitrogen and oxygen atoms in total. The molecule has 0 saturated carbocycles. The van der Waals surface area contributed by atoms with Crippen LogP contribution in [0.1, 0.15) is 12.5 Å². The number of sulfonamides is 1. The first-order chi connectivity index (χ1) is 10.8. The molecule has 3 rings (SSSR count). The van der Waals surface area contributed by atoms with Gasteiger partial charge in [-0.05, 0) is 19.1 Å². The molecule has 0 bridgehead atoms. The van der Waals surface area contributed by atoms with Gasteiger partial charge in [-0.1, -0.05) is 0 Å². The van der Waals surface area contributed by atoms with E-state index >= 15 is 0 Å². The van der Waals surface area contributed by atoms with Gasteiger partial charge in [-0.15, -0.1) is 0 Å². The number of nitrogens with two attached hydrogens (primary N) is 1. The van der Waals surface area contributed by atoms with Gasteiger partial charge >= 0.3 is 0 Å². The molecular weight excluding hydrogens is 318 g/mol. The summed E-state index contributed by atoms with van der Waals surface area (Å²) in [5.74, 6) is 0.355. The standard InChI is InChI=1S/C14H19N5O3S/c1-14(11-8-17-18(2)9-11)10-19(6-7-22-14)13-12(23(15,20)21)4-3-5-16-13/h3-5,8-9H,6-7,10H2,1-2H3,(H2,15,20,21). The second-order valence-electron chi connectivity index (χ2n) is 5.77. The quantitative estimate of drug-likeness (QED) is 0.859. The molecule has 124 valence electrons. The third-order valence-electron chi connectivity index (χ3n) is 3.95. The summed E-state index contributed by atoms with van der Waals surface area (Å²) >= 11 is 0. The lowest BCUT2D eigenvalue weighted by molar-refractivity contribution is -0.0469. The summed E-state index contributed by atoms with van der Waals surface area (Å²) in [5, 5.41) is 9.49. The molecule has 2 aromatic heterocycles. The van der Waals surface area contributed by atoms with Gasteiger partial charge < -0.3 is 9.64 Å². The monoisotopic (exact) mass is 337 g/mol. The molecule has 2 aromatic rings. The van der Waals surface area contributed by atoms with Crippen molar-refractivity contribution < 1.29 is 13.2 Å². The molecule has 1 aliphatic rings. The number of hydrogen-bond acceptors (Lipinski definition) is 6. The summed E-state index contributed by atoms with van der Waals surface area (Å²) < 4.78 is 31.2. The fraction of sp³-hybridized carbons (Fsp3) is 0.429. The molecule has 1 saturated heterocycles. The van der Waals surface area contributed by atoms with Crippen LogP contribution in [0.4, 0.5) is 5.82 Å². The van der Waals surface area contributed by atoms with E-state index in [2.05, 4.69) is 10.1 Å². The highest BCUT2D eigenvalue weighted by Crippen LogP contribution is 2.32. The van der Waals surface area contributed by atoms with Crippen molar-refractivity contribution in [3.8, 4) is 0 Å². The SMILES string of the molecule is Cn1cc(C2(C)CN(c3ncccc3S(N)(=O)=O)CCO2)cn1. The van der Waals surface area contributed by atoms with Crippen molar-refractivity contribution in [1.29, 1.82) is 0 Å². The predicted molar refractivity (Wildman–Crippen MR) is 84.3 cm³/mol. The number of nitrogens with zero attached hydrogens (tertiary/aromatic N) is 4. The van der Waals surface area contributed by atoms with E-state index in [0.29, 0.717) is 25.5 Å². The van der Waals surface area contributed by atoms with Crippen LogP contribution in [-0.4, -0.2) is 42.9 Å².